The molecule has 1 fully saturated rings. The molecule has 31 heavy (non-hydrogen) atoms. The maximum atomic E-state index is 11.8. The number of carbonyl (C=O) groups excluding carboxylic acids is 1. The van der Waals surface area contributed by atoms with Crippen molar-refractivity contribution >= 4 is 29.0 Å². The van der Waals surface area contributed by atoms with E-state index in [4.69, 9.17) is 15.2 Å². The molecule has 0 spiro atoms. The number of hydrogen-bond acceptors (Lipinski definition) is 9. The van der Waals surface area contributed by atoms with E-state index < -0.39 is 5.91 Å². The van der Waals surface area contributed by atoms with E-state index >= 15 is 0 Å². The predicted molar refractivity (Wildman–Crippen MR) is 119 cm³/mol. The van der Waals surface area contributed by atoms with Gasteiger partial charge in [-0.25, -0.2) is 4.98 Å². The smallest absolute Gasteiger partial charge is 0.254 e. The third-order valence-corrected chi connectivity index (χ3v) is 5.23. The largest absolute Gasteiger partial charge is 0.491 e. The summed E-state index contributed by atoms with van der Waals surface area (Å²) >= 11 is 0. The number of rotatable bonds is 8. The van der Waals surface area contributed by atoms with E-state index in [9.17, 15) is 4.79 Å². The highest BCUT2D eigenvalue weighted by atomic mass is 16.5. The summed E-state index contributed by atoms with van der Waals surface area (Å²) in [6.07, 6.45) is 3.32. The Bertz CT molecular complexity index is 903. The lowest BCUT2D eigenvalue weighted by molar-refractivity contribution is 0.0378. The summed E-state index contributed by atoms with van der Waals surface area (Å²) in [7, 11) is 0. The van der Waals surface area contributed by atoms with Crippen LogP contribution >= 0.6 is 0 Å². The third-order valence-electron chi connectivity index (χ3n) is 5.23. The van der Waals surface area contributed by atoms with Crippen LogP contribution < -0.4 is 26.4 Å². The molecule has 0 unspecified atom stereocenters. The molecule has 1 saturated heterocycles. The normalized spacial score (nSPS) is 16.4. The number of benzene rings is 1. The summed E-state index contributed by atoms with van der Waals surface area (Å²) in [6.45, 7) is 6.67. The number of ether oxygens (including phenoxy) is 2. The number of aromatic nitrogens is 2. The minimum absolute atomic E-state index is 0.272. The predicted octanol–water partition coefficient (Wildman–Crippen LogP) is 1.65. The molecular formula is C21H29N7O3. The Morgan fingerprint density at radius 2 is 2.13 bits per heavy atom. The van der Waals surface area contributed by atoms with Gasteiger partial charge in [0.25, 0.3) is 5.91 Å². The van der Waals surface area contributed by atoms with Crippen LogP contribution in [0.4, 0.5) is 23.1 Å². The lowest BCUT2D eigenvalue weighted by Gasteiger charge is -2.26. The number of amides is 1. The third kappa shape index (κ3) is 5.74. The van der Waals surface area contributed by atoms with Crippen molar-refractivity contribution in [2.75, 3.05) is 68.5 Å². The van der Waals surface area contributed by atoms with Crippen molar-refractivity contribution in [3.8, 4) is 5.75 Å². The van der Waals surface area contributed by atoms with Crippen molar-refractivity contribution in [2.45, 2.75) is 12.8 Å². The molecule has 1 amide bonds. The van der Waals surface area contributed by atoms with Gasteiger partial charge in [-0.3, -0.25) is 9.69 Å². The molecular weight excluding hydrogens is 398 g/mol. The average Bonchev–Trinajstić information content (AvgIpc) is 3.02. The van der Waals surface area contributed by atoms with Crippen molar-refractivity contribution in [1.82, 2.24) is 14.9 Å². The van der Waals surface area contributed by atoms with Gasteiger partial charge in [-0.15, -0.1) is 0 Å². The molecule has 0 saturated carbocycles. The SMILES string of the molecule is NC(=O)c1cnc(Nc2ccc3c(c2)NCCCO3)nc1NCCCN1CCOCC1. The molecule has 10 heteroatoms. The Kier molecular flexibility index (Phi) is 7.00. The zero-order valence-electron chi connectivity index (χ0n) is 17.5. The van der Waals surface area contributed by atoms with Gasteiger partial charge in [0.1, 0.15) is 11.6 Å². The molecule has 2 aliphatic heterocycles. The number of morpholine rings is 1. The lowest BCUT2D eigenvalue weighted by Crippen LogP contribution is -2.37. The lowest BCUT2D eigenvalue weighted by atomic mass is 10.2. The standard InChI is InChI=1S/C21H29N7O3/c22-19(29)16-14-25-21(26-15-3-4-18-17(13-15)23-6-2-10-31-18)27-20(16)24-5-1-7-28-8-11-30-12-9-28/h3-4,13-14,23H,1-2,5-12H2,(H2,22,29)(H2,24,25,26,27). The molecule has 0 atom stereocenters. The molecule has 2 aromatic rings. The van der Waals surface area contributed by atoms with Gasteiger partial charge in [-0.1, -0.05) is 0 Å². The van der Waals surface area contributed by atoms with Crippen molar-refractivity contribution in [3.63, 3.8) is 0 Å². The van der Waals surface area contributed by atoms with Gasteiger partial charge >= 0.3 is 0 Å². The average molecular weight is 428 g/mol. The summed E-state index contributed by atoms with van der Waals surface area (Å²) < 4.78 is 11.1. The fourth-order valence-corrected chi connectivity index (χ4v) is 3.57. The topological polar surface area (TPSA) is 127 Å². The maximum Gasteiger partial charge on any atom is 0.254 e. The fourth-order valence-electron chi connectivity index (χ4n) is 3.57. The van der Waals surface area contributed by atoms with Crippen LogP contribution in [0.2, 0.25) is 0 Å². The quantitative estimate of drug-likeness (QED) is 0.465. The Hall–Kier alpha value is -3.11. The van der Waals surface area contributed by atoms with Crippen molar-refractivity contribution < 1.29 is 14.3 Å². The fraction of sp³-hybridized carbons (Fsp3) is 0.476. The Labute approximate surface area is 181 Å². The van der Waals surface area contributed by atoms with Crippen LogP contribution in [-0.4, -0.2) is 73.3 Å². The molecule has 3 heterocycles. The van der Waals surface area contributed by atoms with Crippen LogP contribution in [0.15, 0.2) is 24.4 Å². The second-order valence-electron chi connectivity index (χ2n) is 7.52. The number of primary amides is 1. The summed E-state index contributed by atoms with van der Waals surface area (Å²) in [5.74, 6) is 1.09. The Morgan fingerprint density at radius 1 is 1.26 bits per heavy atom. The Morgan fingerprint density at radius 3 is 2.97 bits per heavy atom. The van der Waals surface area contributed by atoms with Crippen LogP contribution in [0, 0.1) is 0 Å². The van der Waals surface area contributed by atoms with E-state index in [1.165, 1.54) is 6.20 Å². The maximum absolute atomic E-state index is 11.8. The first-order valence-electron chi connectivity index (χ1n) is 10.7. The van der Waals surface area contributed by atoms with Gasteiger partial charge in [-0.2, -0.15) is 4.98 Å². The number of nitrogens with one attached hydrogen (secondary N) is 3. The van der Waals surface area contributed by atoms with E-state index in [1.54, 1.807) is 0 Å². The van der Waals surface area contributed by atoms with Gasteiger partial charge in [0.05, 0.1) is 31.1 Å². The van der Waals surface area contributed by atoms with Gasteiger partial charge < -0.3 is 31.2 Å². The van der Waals surface area contributed by atoms with Gasteiger partial charge in [0.15, 0.2) is 0 Å². The molecule has 0 radical (unpaired) electrons. The minimum Gasteiger partial charge on any atom is -0.491 e. The summed E-state index contributed by atoms with van der Waals surface area (Å²) in [5.41, 5.74) is 7.53. The molecule has 1 aromatic heterocycles. The number of nitrogens with two attached hydrogens (primary N) is 1. The van der Waals surface area contributed by atoms with E-state index in [0.717, 1.165) is 69.4 Å². The molecule has 166 valence electrons. The summed E-state index contributed by atoms with van der Waals surface area (Å²) in [5, 5.41) is 9.78. The molecule has 10 nitrogen and oxygen atoms in total. The second kappa shape index (κ2) is 10.3. The summed E-state index contributed by atoms with van der Waals surface area (Å²) in [4.78, 5) is 22.9. The first-order valence-corrected chi connectivity index (χ1v) is 10.7. The zero-order chi connectivity index (χ0) is 21.5. The van der Waals surface area contributed by atoms with Crippen molar-refractivity contribution in [1.29, 1.82) is 0 Å². The van der Waals surface area contributed by atoms with Gasteiger partial charge in [0, 0.05) is 38.1 Å². The highest BCUT2D eigenvalue weighted by molar-refractivity contribution is 5.97. The van der Waals surface area contributed by atoms with E-state index in [-0.39, 0.29) is 5.56 Å². The van der Waals surface area contributed by atoms with Crippen LogP contribution in [0.1, 0.15) is 23.2 Å². The zero-order valence-corrected chi connectivity index (χ0v) is 17.5. The van der Waals surface area contributed by atoms with Gasteiger partial charge in [-0.05, 0) is 37.6 Å². The van der Waals surface area contributed by atoms with E-state index in [1.807, 2.05) is 18.2 Å². The number of hydrogen-bond donors (Lipinski definition) is 4. The Balaban J connectivity index is 1.40. The number of anilines is 4. The minimum atomic E-state index is -0.561. The monoisotopic (exact) mass is 427 g/mol. The molecule has 1 aromatic carbocycles. The van der Waals surface area contributed by atoms with E-state index in [0.29, 0.717) is 24.9 Å². The van der Waals surface area contributed by atoms with Crippen molar-refractivity contribution in [3.05, 3.63) is 30.0 Å². The molecule has 0 aliphatic carbocycles. The molecule has 5 N–H and O–H groups in total. The van der Waals surface area contributed by atoms with Crippen LogP contribution in [0.25, 0.3) is 0 Å². The number of carbonyl (C=O) groups is 1. The van der Waals surface area contributed by atoms with Crippen molar-refractivity contribution in [2.24, 2.45) is 5.73 Å². The van der Waals surface area contributed by atoms with Crippen LogP contribution in [0.3, 0.4) is 0 Å². The number of fused-ring (bicyclic) bond motifs is 1. The number of nitrogens with zero attached hydrogens (tertiary/aromatic N) is 3. The highest BCUT2D eigenvalue weighted by Crippen LogP contribution is 2.30. The molecule has 2 aliphatic rings. The summed E-state index contributed by atoms with van der Waals surface area (Å²) in [6, 6.07) is 5.78. The van der Waals surface area contributed by atoms with Crippen LogP contribution in [0.5, 0.6) is 5.75 Å². The molecule has 4 rings (SSSR count). The first-order chi connectivity index (χ1) is 15.2. The van der Waals surface area contributed by atoms with E-state index in [2.05, 4.69) is 30.8 Å². The van der Waals surface area contributed by atoms with Gasteiger partial charge in [0.2, 0.25) is 5.95 Å². The first kappa shape index (κ1) is 21.1. The highest BCUT2D eigenvalue weighted by Gasteiger charge is 2.14. The van der Waals surface area contributed by atoms with Crippen LogP contribution in [-0.2, 0) is 4.74 Å². The molecule has 0 bridgehead atoms. The second-order valence-corrected chi connectivity index (χ2v) is 7.52.